The maximum Gasteiger partial charge on any atom is 0.259 e. The Morgan fingerprint density at radius 1 is 1.32 bits per heavy atom. The van der Waals surface area contributed by atoms with Gasteiger partial charge in [0, 0.05) is 6.20 Å². The zero-order chi connectivity index (χ0) is 15.5. The molecule has 0 radical (unpaired) electrons. The summed E-state index contributed by atoms with van der Waals surface area (Å²) in [6.45, 7) is 4.49. The normalized spacial score (nSPS) is 10.6. The third-order valence-corrected chi connectivity index (χ3v) is 3.42. The Morgan fingerprint density at radius 2 is 2.18 bits per heavy atom. The van der Waals surface area contributed by atoms with Crippen LogP contribution in [0.15, 0.2) is 53.4 Å². The van der Waals surface area contributed by atoms with Crippen LogP contribution in [0.1, 0.15) is 27.2 Å². The Labute approximate surface area is 128 Å². The summed E-state index contributed by atoms with van der Waals surface area (Å²) in [4.78, 5) is 12.1. The van der Waals surface area contributed by atoms with Gasteiger partial charge in [0.2, 0.25) is 0 Å². The third-order valence-electron chi connectivity index (χ3n) is 3.42. The van der Waals surface area contributed by atoms with Crippen LogP contribution in [0.2, 0.25) is 0 Å². The van der Waals surface area contributed by atoms with Crippen LogP contribution in [0.4, 0.5) is 5.69 Å². The summed E-state index contributed by atoms with van der Waals surface area (Å²) in [6.07, 6.45) is 4.96. The van der Waals surface area contributed by atoms with Crippen molar-refractivity contribution >= 4 is 11.6 Å². The van der Waals surface area contributed by atoms with Gasteiger partial charge in [0.25, 0.3) is 5.91 Å². The van der Waals surface area contributed by atoms with E-state index in [4.69, 9.17) is 4.42 Å². The first kappa shape index (κ1) is 14.1. The van der Waals surface area contributed by atoms with Gasteiger partial charge in [-0.15, -0.1) is 0 Å². The standard InChI is InChI=1S/C17H17N3O2/c1-12-4-3-5-14(8-12)10-20-11-15(9-18-20)19-17(21)16-6-7-22-13(16)2/h3-9,11H,10H2,1-2H3,(H,19,21). The number of aryl methyl sites for hydroxylation is 2. The maximum absolute atomic E-state index is 12.1. The number of furan rings is 1. The van der Waals surface area contributed by atoms with Gasteiger partial charge in [0.1, 0.15) is 5.76 Å². The number of aromatic nitrogens is 2. The van der Waals surface area contributed by atoms with Crippen molar-refractivity contribution in [2.45, 2.75) is 20.4 Å². The van der Waals surface area contributed by atoms with Crippen LogP contribution in [0.25, 0.3) is 0 Å². The summed E-state index contributed by atoms with van der Waals surface area (Å²) >= 11 is 0. The summed E-state index contributed by atoms with van der Waals surface area (Å²) in [5.41, 5.74) is 3.59. The van der Waals surface area contributed by atoms with Crippen molar-refractivity contribution in [3.05, 3.63) is 71.4 Å². The van der Waals surface area contributed by atoms with Gasteiger partial charge < -0.3 is 9.73 Å². The molecule has 0 bridgehead atoms. The molecule has 3 aromatic rings. The minimum Gasteiger partial charge on any atom is -0.469 e. The van der Waals surface area contributed by atoms with E-state index in [1.165, 1.54) is 17.4 Å². The van der Waals surface area contributed by atoms with Gasteiger partial charge in [0.15, 0.2) is 0 Å². The molecule has 0 aliphatic carbocycles. The number of benzene rings is 1. The van der Waals surface area contributed by atoms with E-state index in [2.05, 4.69) is 35.5 Å². The number of nitrogens with one attached hydrogen (secondary N) is 1. The predicted octanol–water partition coefficient (Wildman–Crippen LogP) is 3.39. The summed E-state index contributed by atoms with van der Waals surface area (Å²) in [7, 11) is 0. The fourth-order valence-corrected chi connectivity index (χ4v) is 2.33. The molecule has 2 aromatic heterocycles. The van der Waals surface area contributed by atoms with Crippen LogP contribution >= 0.6 is 0 Å². The van der Waals surface area contributed by atoms with Crippen LogP contribution in [-0.2, 0) is 6.54 Å². The first-order chi connectivity index (χ1) is 10.6. The number of amides is 1. The summed E-state index contributed by atoms with van der Waals surface area (Å²) in [5.74, 6) is 0.408. The highest BCUT2D eigenvalue weighted by Crippen LogP contribution is 2.13. The summed E-state index contributed by atoms with van der Waals surface area (Å²) < 4.78 is 6.94. The Kier molecular flexibility index (Phi) is 3.78. The number of carbonyl (C=O) groups excluding carboxylic acids is 1. The predicted molar refractivity (Wildman–Crippen MR) is 83.9 cm³/mol. The molecule has 112 valence electrons. The molecule has 5 heteroatoms. The molecule has 0 atom stereocenters. The van der Waals surface area contributed by atoms with E-state index >= 15 is 0 Å². The molecule has 0 aliphatic heterocycles. The van der Waals surface area contributed by atoms with Crippen LogP contribution in [0, 0.1) is 13.8 Å². The van der Waals surface area contributed by atoms with E-state index < -0.39 is 0 Å². The van der Waals surface area contributed by atoms with Crippen LogP contribution in [0.5, 0.6) is 0 Å². The Bertz CT molecular complexity index is 802. The van der Waals surface area contributed by atoms with Gasteiger partial charge in [-0.25, -0.2) is 0 Å². The zero-order valence-corrected chi connectivity index (χ0v) is 12.5. The maximum atomic E-state index is 12.1. The van der Waals surface area contributed by atoms with E-state index in [9.17, 15) is 4.79 Å². The van der Waals surface area contributed by atoms with Crippen molar-refractivity contribution in [2.75, 3.05) is 5.32 Å². The fourth-order valence-electron chi connectivity index (χ4n) is 2.33. The molecule has 0 aliphatic rings. The zero-order valence-electron chi connectivity index (χ0n) is 12.5. The van der Waals surface area contributed by atoms with Crippen LogP contribution < -0.4 is 5.32 Å². The lowest BCUT2D eigenvalue weighted by Crippen LogP contribution is -2.11. The average Bonchev–Trinajstić information content (AvgIpc) is 3.08. The van der Waals surface area contributed by atoms with Gasteiger partial charge in [-0.2, -0.15) is 5.10 Å². The molecule has 1 amide bonds. The molecule has 1 N–H and O–H groups in total. The molecular formula is C17H17N3O2. The Balaban J connectivity index is 1.69. The molecule has 0 unspecified atom stereocenters. The van der Waals surface area contributed by atoms with Gasteiger partial charge in [0.05, 0.1) is 30.3 Å². The second kappa shape index (κ2) is 5.89. The monoisotopic (exact) mass is 295 g/mol. The van der Waals surface area contributed by atoms with Crippen molar-refractivity contribution in [3.63, 3.8) is 0 Å². The van der Waals surface area contributed by atoms with Crippen molar-refractivity contribution in [2.24, 2.45) is 0 Å². The Hall–Kier alpha value is -2.82. The van der Waals surface area contributed by atoms with E-state index in [0.29, 0.717) is 23.6 Å². The molecule has 2 heterocycles. The smallest absolute Gasteiger partial charge is 0.259 e. The molecular weight excluding hydrogens is 278 g/mol. The van der Waals surface area contributed by atoms with Gasteiger partial charge in [-0.3, -0.25) is 9.48 Å². The number of nitrogens with zero attached hydrogens (tertiary/aromatic N) is 2. The number of anilines is 1. The lowest BCUT2D eigenvalue weighted by atomic mass is 10.1. The molecule has 22 heavy (non-hydrogen) atoms. The van der Waals surface area contributed by atoms with Crippen molar-refractivity contribution in [1.82, 2.24) is 9.78 Å². The van der Waals surface area contributed by atoms with Crippen molar-refractivity contribution in [1.29, 1.82) is 0 Å². The van der Waals surface area contributed by atoms with E-state index in [1.807, 2.05) is 12.3 Å². The molecule has 5 nitrogen and oxygen atoms in total. The van der Waals surface area contributed by atoms with E-state index in [1.54, 1.807) is 23.9 Å². The molecule has 0 fully saturated rings. The molecule has 0 spiro atoms. The number of rotatable bonds is 4. The SMILES string of the molecule is Cc1cccc(Cn2cc(NC(=O)c3ccoc3C)cn2)c1. The van der Waals surface area contributed by atoms with Crippen LogP contribution in [0.3, 0.4) is 0 Å². The first-order valence-electron chi connectivity index (χ1n) is 7.05. The second-order valence-corrected chi connectivity index (χ2v) is 5.26. The van der Waals surface area contributed by atoms with E-state index in [-0.39, 0.29) is 5.91 Å². The largest absolute Gasteiger partial charge is 0.469 e. The molecule has 0 saturated heterocycles. The second-order valence-electron chi connectivity index (χ2n) is 5.26. The average molecular weight is 295 g/mol. The third kappa shape index (κ3) is 3.09. The van der Waals surface area contributed by atoms with Gasteiger partial charge in [-0.05, 0) is 25.5 Å². The highest BCUT2D eigenvalue weighted by atomic mass is 16.3. The number of carbonyl (C=O) groups is 1. The van der Waals surface area contributed by atoms with Crippen LogP contribution in [-0.4, -0.2) is 15.7 Å². The topological polar surface area (TPSA) is 60.1 Å². The van der Waals surface area contributed by atoms with Crippen molar-refractivity contribution < 1.29 is 9.21 Å². The highest BCUT2D eigenvalue weighted by Gasteiger charge is 2.12. The summed E-state index contributed by atoms with van der Waals surface area (Å²) in [5, 5.41) is 7.10. The lowest BCUT2D eigenvalue weighted by molar-refractivity contribution is 0.102. The lowest BCUT2D eigenvalue weighted by Gasteiger charge is -2.03. The highest BCUT2D eigenvalue weighted by molar-refractivity contribution is 6.04. The quantitative estimate of drug-likeness (QED) is 0.802. The van der Waals surface area contributed by atoms with Gasteiger partial charge in [-0.1, -0.05) is 29.8 Å². The minimum absolute atomic E-state index is 0.193. The molecule has 0 saturated carbocycles. The first-order valence-corrected chi connectivity index (χ1v) is 7.05. The minimum atomic E-state index is -0.193. The Morgan fingerprint density at radius 3 is 2.91 bits per heavy atom. The number of hydrogen-bond donors (Lipinski definition) is 1. The number of hydrogen-bond acceptors (Lipinski definition) is 3. The van der Waals surface area contributed by atoms with E-state index in [0.717, 1.165) is 0 Å². The molecule has 3 rings (SSSR count). The van der Waals surface area contributed by atoms with Crippen molar-refractivity contribution in [3.8, 4) is 0 Å². The fraction of sp³-hybridized carbons (Fsp3) is 0.176. The van der Waals surface area contributed by atoms with Gasteiger partial charge >= 0.3 is 0 Å². The molecule has 1 aromatic carbocycles. The summed E-state index contributed by atoms with van der Waals surface area (Å²) in [6, 6.07) is 9.92.